The molecule has 0 amide bonds. The number of hydrogen-bond acceptors (Lipinski definition) is 6. The first-order valence-corrected chi connectivity index (χ1v) is 4.85. The van der Waals surface area contributed by atoms with Crippen LogP contribution in [0.15, 0.2) is 6.20 Å². The molecule has 6 nitrogen and oxygen atoms in total. The van der Waals surface area contributed by atoms with Crippen molar-refractivity contribution in [2.75, 3.05) is 17.3 Å². The number of nitrogens with one attached hydrogen (secondary N) is 2. The minimum atomic E-state index is 0.153. The van der Waals surface area contributed by atoms with Gasteiger partial charge in [0.2, 0.25) is 5.95 Å². The van der Waals surface area contributed by atoms with E-state index >= 15 is 0 Å². The van der Waals surface area contributed by atoms with Crippen LogP contribution in [0.4, 0.5) is 11.8 Å². The van der Waals surface area contributed by atoms with E-state index < -0.39 is 0 Å². The maximum atomic E-state index is 8.78. The quantitative estimate of drug-likeness (QED) is 0.412. The van der Waals surface area contributed by atoms with Crippen molar-refractivity contribution in [3.63, 3.8) is 0 Å². The Hall–Kier alpha value is -1.40. The molecule has 0 radical (unpaired) electrons. The van der Waals surface area contributed by atoms with E-state index in [1.807, 2.05) is 13.8 Å². The van der Waals surface area contributed by atoms with Crippen LogP contribution < -0.4 is 16.6 Å². The van der Waals surface area contributed by atoms with Gasteiger partial charge >= 0.3 is 0 Å². The first kappa shape index (κ1) is 11.7. The van der Waals surface area contributed by atoms with E-state index in [0.29, 0.717) is 12.4 Å². The molecule has 84 valence electrons. The van der Waals surface area contributed by atoms with E-state index in [0.717, 1.165) is 11.4 Å². The number of nitrogen functional groups attached to an aromatic ring is 1. The number of anilines is 2. The predicted molar refractivity (Wildman–Crippen MR) is 59.4 cm³/mol. The summed E-state index contributed by atoms with van der Waals surface area (Å²) < 4.78 is 0. The summed E-state index contributed by atoms with van der Waals surface area (Å²) in [5.41, 5.74) is 3.33. The van der Waals surface area contributed by atoms with Gasteiger partial charge in [0.15, 0.2) is 0 Å². The molecule has 0 fully saturated rings. The Morgan fingerprint density at radius 3 is 2.93 bits per heavy atom. The molecular weight excluding hydrogens is 194 g/mol. The number of hydrazine groups is 1. The Morgan fingerprint density at radius 2 is 2.33 bits per heavy atom. The highest BCUT2D eigenvalue weighted by atomic mass is 16.3. The van der Waals surface area contributed by atoms with Crippen molar-refractivity contribution in [3.05, 3.63) is 11.8 Å². The normalized spacial score (nSPS) is 12.3. The number of aliphatic hydroxyl groups excluding tert-OH is 1. The second kappa shape index (κ2) is 5.47. The van der Waals surface area contributed by atoms with Crippen LogP contribution >= 0.6 is 0 Å². The smallest absolute Gasteiger partial charge is 0.239 e. The van der Waals surface area contributed by atoms with Crippen LogP contribution in [-0.2, 0) is 0 Å². The number of aliphatic hydroxyl groups is 1. The summed E-state index contributed by atoms with van der Waals surface area (Å²) in [4.78, 5) is 8.15. The van der Waals surface area contributed by atoms with Gasteiger partial charge in [-0.3, -0.25) is 5.43 Å². The molecule has 5 N–H and O–H groups in total. The lowest BCUT2D eigenvalue weighted by atomic mass is 10.2. The third-order valence-corrected chi connectivity index (χ3v) is 2.05. The van der Waals surface area contributed by atoms with Gasteiger partial charge in [0, 0.05) is 24.4 Å². The van der Waals surface area contributed by atoms with E-state index in [1.54, 1.807) is 6.20 Å². The molecule has 0 spiro atoms. The Bertz CT molecular complexity index is 317. The molecule has 1 rings (SSSR count). The Balaban J connectivity index is 2.74. The second-order valence-corrected chi connectivity index (χ2v) is 3.43. The molecule has 1 aromatic heterocycles. The molecule has 0 bridgehead atoms. The minimum absolute atomic E-state index is 0.153. The zero-order chi connectivity index (χ0) is 11.3. The van der Waals surface area contributed by atoms with Gasteiger partial charge in [-0.1, -0.05) is 0 Å². The topological polar surface area (TPSA) is 96.1 Å². The van der Waals surface area contributed by atoms with Crippen LogP contribution in [0.3, 0.4) is 0 Å². The van der Waals surface area contributed by atoms with Crippen molar-refractivity contribution in [1.29, 1.82) is 0 Å². The van der Waals surface area contributed by atoms with Gasteiger partial charge in [-0.15, -0.1) is 0 Å². The Labute approximate surface area is 88.9 Å². The van der Waals surface area contributed by atoms with Crippen LogP contribution in [0.25, 0.3) is 0 Å². The lowest BCUT2D eigenvalue weighted by Gasteiger charge is -2.15. The van der Waals surface area contributed by atoms with Gasteiger partial charge < -0.3 is 10.4 Å². The van der Waals surface area contributed by atoms with Crippen molar-refractivity contribution in [2.24, 2.45) is 5.84 Å². The highest BCUT2D eigenvalue weighted by molar-refractivity contribution is 5.46. The van der Waals surface area contributed by atoms with E-state index in [1.165, 1.54) is 0 Å². The number of hydrogen-bond donors (Lipinski definition) is 4. The Kier molecular flexibility index (Phi) is 4.26. The number of nitrogens with zero attached hydrogens (tertiary/aromatic N) is 2. The molecule has 15 heavy (non-hydrogen) atoms. The van der Waals surface area contributed by atoms with Crippen molar-refractivity contribution in [1.82, 2.24) is 9.97 Å². The summed E-state index contributed by atoms with van der Waals surface area (Å²) in [6, 6.07) is 0.161. The second-order valence-electron chi connectivity index (χ2n) is 3.43. The van der Waals surface area contributed by atoms with Crippen molar-refractivity contribution >= 4 is 11.8 Å². The Morgan fingerprint density at radius 1 is 1.60 bits per heavy atom. The van der Waals surface area contributed by atoms with Crippen LogP contribution in [0, 0.1) is 6.92 Å². The number of aryl methyl sites for hydroxylation is 1. The largest absolute Gasteiger partial charge is 0.396 e. The summed E-state index contributed by atoms with van der Waals surface area (Å²) in [6.45, 7) is 4.04. The monoisotopic (exact) mass is 211 g/mol. The molecule has 1 heterocycles. The van der Waals surface area contributed by atoms with Gasteiger partial charge in [-0.25, -0.2) is 10.8 Å². The molecule has 0 saturated heterocycles. The number of rotatable bonds is 5. The average Bonchev–Trinajstić information content (AvgIpc) is 2.21. The third kappa shape index (κ3) is 3.34. The van der Waals surface area contributed by atoms with Gasteiger partial charge in [-0.05, 0) is 20.3 Å². The molecule has 1 unspecified atom stereocenters. The fraction of sp³-hybridized carbons (Fsp3) is 0.556. The SMILES string of the molecule is Cc1cnc(NN)nc1NC(C)CCO. The van der Waals surface area contributed by atoms with Crippen LogP contribution in [0.2, 0.25) is 0 Å². The molecule has 1 aromatic rings. The zero-order valence-corrected chi connectivity index (χ0v) is 8.99. The lowest BCUT2D eigenvalue weighted by molar-refractivity contribution is 0.282. The van der Waals surface area contributed by atoms with Crippen LogP contribution in [0.1, 0.15) is 18.9 Å². The maximum Gasteiger partial charge on any atom is 0.239 e. The summed E-state index contributed by atoms with van der Waals surface area (Å²) in [5.74, 6) is 6.32. The van der Waals surface area contributed by atoms with E-state index in [-0.39, 0.29) is 12.6 Å². The van der Waals surface area contributed by atoms with Crippen molar-refractivity contribution in [2.45, 2.75) is 26.3 Å². The lowest BCUT2D eigenvalue weighted by Crippen LogP contribution is -2.19. The summed E-state index contributed by atoms with van der Waals surface area (Å²) in [6.07, 6.45) is 2.37. The molecule has 0 aromatic carbocycles. The molecule has 0 aliphatic rings. The predicted octanol–water partition coefficient (Wildman–Crippen LogP) is 0.253. The highest BCUT2D eigenvalue weighted by Gasteiger charge is 2.06. The van der Waals surface area contributed by atoms with Crippen LogP contribution in [-0.4, -0.2) is 27.7 Å². The standard InChI is InChI=1S/C9H17N5O/c1-6-5-11-9(14-10)13-8(6)12-7(2)3-4-15/h5,7,15H,3-4,10H2,1-2H3,(H2,11,12,13,14). The maximum absolute atomic E-state index is 8.78. The molecule has 0 saturated carbocycles. The molecule has 6 heteroatoms. The van der Waals surface area contributed by atoms with Gasteiger partial charge in [0.1, 0.15) is 5.82 Å². The van der Waals surface area contributed by atoms with Gasteiger partial charge in [-0.2, -0.15) is 4.98 Å². The summed E-state index contributed by atoms with van der Waals surface area (Å²) in [7, 11) is 0. The first-order valence-electron chi connectivity index (χ1n) is 4.85. The zero-order valence-electron chi connectivity index (χ0n) is 8.99. The third-order valence-electron chi connectivity index (χ3n) is 2.05. The van der Waals surface area contributed by atoms with E-state index in [4.69, 9.17) is 10.9 Å². The highest BCUT2D eigenvalue weighted by Crippen LogP contribution is 2.13. The fourth-order valence-corrected chi connectivity index (χ4v) is 1.16. The molecule has 0 aliphatic heterocycles. The van der Waals surface area contributed by atoms with Crippen LogP contribution in [0.5, 0.6) is 0 Å². The van der Waals surface area contributed by atoms with Gasteiger partial charge in [0.05, 0.1) is 0 Å². The average molecular weight is 211 g/mol. The summed E-state index contributed by atoms with van der Waals surface area (Å²) in [5, 5.41) is 12.0. The first-order chi connectivity index (χ1) is 7.17. The van der Waals surface area contributed by atoms with E-state index in [2.05, 4.69) is 20.7 Å². The number of aromatic nitrogens is 2. The molecular formula is C9H17N5O. The minimum Gasteiger partial charge on any atom is -0.396 e. The molecule has 0 aliphatic carbocycles. The van der Waals surface area contributed by atoms with E-state index in [9.17, 15) is 0 Å². The van der Waals surface area contributed by atoms with Gasteiger partial charge in [0.25, 0.3) is 0 Å². The van der Waals surface area contributed by atoms with Crippen molar-refractivity contribution < 1.29 is 5.11 Å². The number of nitrogens with two attached hydrogens (primary N) is 1. The summed E-state index contributed by atoms with van der Waals surface area (Å²) >= 11 is 0. The fourth-order valence-electron chi connectivity index (χ4n) is 1.16. The van der Waals surface area contributed by atoms with Crippen molar-refractivity contribution in [3.8, 4) is 0 Å². The molecule has 1 atom stereocenters.